The number of aromatic nitrogens is 2. The summed E-state index contributed by atoms with van der Waals surface area (Å²) in [6, 6.07) is 5.00. The fourth-order valence-corrected chi connectivity index (χ4v) is 1.78. The van der Waals surface area contributed by atoms with Gasteiger partial charge in [-0.2, -0.15) is 0 Å². The molecular weight excluding hydrogens is 344 g/mol. The number of carbonyl (C=O) groups is 1. The number of carbonyl (C=O) groups excluding carboxylic acids is 1. The molecule has 1 aromatic carbocycles. The minimum absolute atomic E-state index is 0.149. The SMILES string of the molecule is CC(=O)Oc1cc(Br)ccc1Nc1ncc([N+](=O)[O-])cn1. The van der Waals surface area contributed by atoms with E-state index in [2.05, 4.69) is 31.2 Å². The molecule has 8 nitrogen and oxygen atoms in total. The largest absolute Gasteiger partial charge is 0.424 e. The molecule has 0 atom stereocenters. The Balaban J connectivity index is 2.26. The number of nitro groups is 1. The molecule has 0 spiro atoms. The van der Waals surface area contributed by atoms with Crippen molar-refractivity contribution in [1.29, 1.82) is 0 Å². The highest BCUT2D eigenvalue weighted by Crippen LogP contribution is 2.30. The number of halogens is 1. The molecule has 0 unspecified atom stereocenters. The second-order valence-electron chi connectivity index (χ2n) is 3.88. The van der Waals surface area contributed by atoms with Crippen molar-refractivity contribution in [1.82, 2.24) is 9.97 Å². The number of nitrogens with one attached hydrogen (secondary N) is 1. The maximum Gasteiger partial charge on any atom is 0.308 e. The number of nitrogens with zero attached hydrogens (tertiary/aromatic N) is 3. The highest BCUT2D eigenvalue weighted by Gasteiger charge is 2.11. The van der Waals surface area contributed by atoms with Crippen LogP contribution < -0.4 is 10.1 Å². The maximum atomic E-state index is 11.1. The van der Waals surface area contributed by atoms with Crippen LogP contribution in [0.15, 0.2) is 35.1 Å². The van der Waals surface area contributed by atoms with Crippen LogP contribution in [0.4, 0.5) is 17.3 Å². The van der Waals surface area contributed by atoms with Crippen LogP contribution >= 0.6 is 15.9 Å². The normalized spacial score (nSPS) is 10.0. The zero-order valence-corrected chi connectivity index (χ0v) is 12.3. The van der Waals surface area contributed by atoms with Crippen LogP contribution in [0.25, 0.3) is 0 Å². The van der Waals surface area contributed by atoms with E-state index in [1.165, 1.54) is 6.92 Å². The summed E-state index contributed by atoms with van der Waals surface area (Å²) in [7, 11) is 0. The summed E-state index contributed by atoms with van der Waals surface area (Å²) in [5.41, 5.74) is 0.249. The fraction of sp³-hybridized carbons (Fsp3) is 0.0833. The minimum Gasteiger partial charge on any atom is -0.424 e. The molecule has 0 aliphatic rings. The Labute approximate surface area is 127 Å². The molecule has 0 bridgehead atoms. The van der Waals surface area contributed by atoms with E-state index in [1.54, 1.807) is 18.2 Å². The Morgan fingerprint density at radius 3 is 2.62 bits per heavy atom. The molecule has 1 aromatic heterocycles. The van der Waals surface area contributed by atoms with Crippen LogP contribution in [0.1, 0.15) is 6.92 Å². The Morgan fingerprint density at radius 1 is 1.38 bits per heavy atom. The standard InChI is InChI=1S/C12H9BrN4O4/c1-7(18)21-11-4-8(13)2-3-10(11)16-12-14-5-9(6-15-12)17(19)20/h2-6H,1H3,(H,14,15,16). The van der Waals surface area contributed by atoms with Crippen molar-refractivity contribution in [3.63, 3.8) is 0 Å². The molecule has 1 N–H and O–H groups in total. The van der Waals surface area contributed by atoms with Gasteiger partial charge >= 0.3 is 11.7 Å². The first-order valence-corrected chi connectivity index (χ1v) is 6.46. The molecular formula is C12H9BrN4O4. The second-order valence-corrected chi connectivity index (χ2v) is 4.80. The molecule has 1 heterocycles. The number of ether oxygens (including phenoxy) is 1. The highest BCUT2D eigenvalue weighted by atomic mass is 79.9. The van der Waals surface area contributed by atoms with Gasteiger partial charge < -0.3 is 10.1 Å². The van der Waals surface area contributed by atoms with Crippen molar-refractivity contribution in [3.05, 3.63) is 45.2 Å². The van der Waals surface area contributed by atoms with Crippen LogP contribution in [0.5, 0.6) is 5.75 Å². The van der Waals surface area contributed by atoms with Crippen LogP contribution in [-0.4, -0.2) is 20.9 Å². The van der Waals surface area contributed by atoms with Crippen LogP contribution in [0.2, 0.25) is 0 Å². The predicted octanol–water partition coefficient (Wildman–Crippen LogP) is 2.82. The van der Waals surface area contributed by atoms with E-state index >= 15 is 0 Å². The van der Waals surface area contributed by atoms with Gasteiger partial charge in [-0.3, -0.25) is 14.9 Å². The number of hydrogen-bond acceptors (Lipinski definition) is 7. The minimum atomic E-state index is -0.590. The lowest BCUT2D eigenvalue weighted by molar-refractivity contribution is -0.385. The maximum absolute atomic E-state index is 11.1. The van der Waals surface area contributed by atoms with Gasteiger partial charge in [0.05, 0.1) is 10.6 Å². The fourth-order valence-electron chi connectivity index (χ4n) is 1.44. The van der Waals surface area contributed by atoms with Crippen LogP contribution in [0, 0.1) is 10.1 Å². The first kappa shape index (κ1) is 14.9. The first-order chi connectivity index (χ1) is 9.95. The molecule has 0 radical (unpaired) electrons. The van der Waals surface area contributed by atoms with E-state index in [4.69, 9.17) is 4.74 Å². The van der Waals surface area contributed by atoms with Gasteiger partial charge in [-0.1, -0.05) is 15.9 Å². The third kappa shape index (κ3) is 3.96. The molecule has 0 saturated heterocycles. The molecule has 108 valence electrons. The van der Waals surface area contributed by atoms with Gasteiger partial charge in [0, 0.05) is 11.4 Å². The van der Waals surface area contributed by atoms with E-state index in [0.29, 0.717) is 11.4 Å². The molecule has 2 aromatic rings. The first-order valence-electron chi connectivity index (χ1n) is 5.67. The Hall–Kier alpha value is -2.55. The number of hydrogen-bond donors (Lipinski definition) is 1. The smallest absolute Gasteiger partial charge is 0.308 e. The second kappa shape index (κ2) is 6.27. The topological polar surface area (TPSA) is 107 Å². The number of rotatable bonds is 4. The third-order valence-electron chi connectivity index (χ3n) is 2.29. The van der Waals surface area contributed by atoms with Crippen molar-refractivity contribution < 1.29 is 14.5 Å². The molecule has 0 aliphatic carbocycles. The van der Waals surface area contributed by atoms with Crippen molar-refractivity contribution in [3.8, 4) is 5.75 Å². The summed E-state index contributed by atoms with van der Waals surface area (Å²) in [5, 5.41) is 13.4. The summed E-state index contributed by atoms with van der Waals surface area (Å²) < 4.78 is 5.80. The summed E-state index contributed by atoms with van der Waals surface area (Å²) in [6.45, 7) is 1.28. The molecule has 21 heavy (non-hydrogen) atoms. The van der Waals surface area contributed by atoms with Crippen LogP contribution in [0.3, 0.4) is 0 Å². The lowest BCUT2D eigenvalue weighted by atomic mass is 10.3. The van der Waals surface area contributed by atoms with Crippen molar-refractivity contribution >= 4 is 39.2 Å². The van der Waals surface area contributed by atoms with Gasteiger partial charge in [0.25, 0.3) is 0 Å². The number of benzene rings is 1. The summed E-state index contributed by atoms with van der Waals surface area (Å²) in [4.78, 5) is 28.7. The van der Waals surface area contributed by atoms with E-state index in [1.807, 2.05) is 0 Å². The predicted molar refractivity (Wildman–Crippen MR) is 77.4 cm³/mol. The van der Waals surface area contributed by atoms with Gasteiger partial charge in [0.15, 0.2) is 5.75 Å². The zero-order chi connectivity index (χ0) is 15.4. The van der Waals surface area contributed by atoms with E-state index in [9.17, 15) is 14.9 Å². The molecule has 9 heteroatoms. The van der Waals surface area contributed by atoms with Crippen molar-refractivity contribution in [2.24, 2.45) is 0 Å². The van der Waals surface area contributed by atoms with Gasteiger partial charge in [-0.05, 0) is 18.2 Å². The summed E-state index contributed by atoms with van der Waals surface area (Å²) >= 11 is 3.27. The third-order valence-corrected chi connectivity index (χ3v) is 2.79. The van der Waals surface area contributed by atoms with E-state index in [-0.39, 0.29) is 11.6 Å². The van der Waals surface area contributed by atoms with E-state index < -0.39 is 10.9 Å². The number of anilines is 2. The van der Waals surface area contributed by atoms with E-state index in [0.717, 1.165) is 16.9 Å². The molecule has 0 amide bonds. The van der Waals surface area contributed by atoms with Crippen LogP contribution in [-0.2, 0) is 4.79 Å². The lowest BCUT2D eigenvalue weighted by Crippen LogP contribution is -2.05. The molecule has 0 saturated carbocycles. The van der Waals surface area contributed by atoms with Crippen molar-refractivity contribution in [2.75, 3.05) is 5.32 Å². The van der Waals surface area contributed by atoms with Gasteiger partial charge in [-0.25, -0.2) is 9.97 Å². The molecule has 0 fully saturated rings. The Kier molecular flexibility index (Phi) is 4.43. The van der Waals surface area contributed by atoms with Gasteiger partial charge in [0.1, 0.15) is 12.4 Å². The quantitative estimate of drug-likeness (QED) is 0.390. The average molecular weight is 353 g/mol. The Morgan fingerprint density at radius 2 is 2.05 bits per heavy atom. The molecule has 0 aliphatic heterocycles. The lowest BCUT2D eigenvalue weighted by Gasteiger charge is -2.10. The Bertz CT molecular complexity index is 690. The highest BCUT2D eigenvalue weighted by molar-refractivity contribution is 9.10. The summed E-state index contributed by atoms with van der Waals surface area (Å²) in [6.07, 6.45) is 2.17. The van der Waals surface area contributed by atoms with Crippen molar-refractivity contribution in [2.45, 2.75) is 6.92 Å². The summed E-state index contributed by atoms with van der Waals surface area (Å²) in [5.74, 6) is -0.0316. The zero-order valence-electron chi connectivity index (χ0n) is 10.7. The molecule has 2 rings (SSSR count). The van der Waals surface area contributed by atoms with Gasteiger partial charge in [-0.15, -0.1) is 0 Å². The van der Waals surface area contributed by atoms with Gasteiger partial charge in [0.2, 0.25) is 5.95 Å². The average Bonchev–Trinajstić information content (AvgIpc) is 2.42. The monoisotopic (exact) mass is 352 g/mol. The number of esters is 1.